The summed E-state index contributed by atoms with van der Waals surface area (Å²) in [6.45, 7) is 0. The second kappa shape index (κ2) is 6.89. The number of carbonyl (C=O) groups is 1. The molecule has 0 saturated heterocycles. The van der Waals surface area contributed by atoms with Gasteiger partial charge in [-0.15, -0.1) is 11.3 Å². The summed E-state index contributed by atoms with van der Waals surface area (Å²) < 4.78 is 13.1. The Kier molecular flexibility index (Phi) is 4.69. The molecule has 1 heterocycles. The van der Waals surface area contributed by atoms with Crippen LogP contribution in [0.2, 0.25) is 5.02 Å². The van der Waals surface area contributed by atoms with Crippen LogP contribution in [-0.4, -0.2) is 10.9 Å². The van der Waals surface area contributed by atoms with Gasteiger partial charge in [0.15, 0.2) is 0 Å². The molecule has 2 aromatic carbocycles. The largest absolute Gasteiger partial charge is 0.326 e. The second-order valence-corrected chi connectivity index (χ2v) is 6.18. The summed E-state index contributed by atoms with van der Waals surface area (Å²) in [5, 5.41) is 5.99. The number of halogens is 2. The van der Waals surface area contributed by atoms with E-state index in [0.29, 0.717) is 16.4 Å². The Hall–Kier alpha value is -2.24. The van der Waals surface area contributed by atoms with Crippen LogP contribution in [0.1, 0.15) is 5.69 Å². The first-order valence-electron chi connectivity index (χ1n) is 6.86. The number of benzene rings is 2. The first kappa shape index (κ1) is 15.6. The zero-order valence-corrected chi connectivity index (χ0v) is 13.5. The Morgan fingerprint density at radius 3 is 2.74 bits per heavy atom. The topological polar surface area (TPSA) is 42.0 Å². The van der Waals surface area contributed by atoms with E-state index in [9.17, 15) is 9.18 Å². The van der Waals surface area contributed by atoms with E-state index in [1.807, 2.05) is 17.5 Å². The van der Waals surface area contributed by atoms with Gasteiger partial charge < -0.3 is 5.32 Å². The number of nitrogens with one attached hydrogen (secondary N) is 1. The van der Waals surface area contributed by atoms with Gasteiger partial charge in [-0.25, -0.2) is 9.37 Å². The lowest BCUT2D eigenvalue weighted by Crippen LogP contribution is -2.14. The first-order valence-corrected chi connectivity index (χ1v) is 8.12. The Labute approximate surface area is 141 Å². The highest BCUT2D eigenvalue weighted by Crippen LogP contribution is 2.25. The van der Waals surface area contributed by atoms with Crippen LogP contribution in [0, 0.1) is 5.82 Å². The van der Waals surface area contributed by atoms with Crippen LogP contribution >= 0.6 is 22.9 Å². The van der Waals surface area contributed by atoms with Crippen molar-refractivity contribution in [2.24, 2.45) is 0 Å². The van der Waals surface area contributed by atoms with Crippen LogP contribution in [0.3, 0.4) is 0 Å². The van der Waals surface area contributed by atoms with Crippen LogP contribution < -0.4 is 5.32 Å². The Morgan fingerprint density at radius 2 is 2.00 bits per heavy atom. The van der Waals surface area contributed by atoms with Crippen molar-refractivity contribution in [3.8, 4) is 10.6 Å². The highest BCUT2D eigenvalue weighted by atomic mass is 35.5. The predicted molar refractivity (Wildman–Crippen MR) is 91.3 cm³/mol. The van der Waals surface area contributed by atoms with Crippen molar-refractivity contribution in [3.05, 3.63) is 70.4 Å². The maximum Gasteiger partial charge on any atom is 0.230 e. The van der Waals surface area contributed by atoms with Crippen molar-refractivity contribution in [3.63, 3.8) is 0 Å². The third-order valence-corrected chi connectivity index (χ3v) is 4.29. The summed E-state index contributed by atoms with van der Waals surface area (Å²) in [4.78, 5) is 16.4. The third kappa shape index (κ3) is 4.15. The van der Waals surface area contributed by atoms with Crippen molar-refractivity contribution >= 4 is 34.5 Å². The minimum atomic E-state index is -0.388. The monoisotopic (exact) mass is 346 g/mol. The van der Waals surface area contributed by atoms with Gasteiger partial charge in [0.25, 0.3) is 0 Å². The number of carbonyl (C=O) groups excluding carboxylic acids is 1. The number of hydrogen-bond donors (Lipinski definition) is 1. The van der Waals surface area contributed by atoms with Gasteiger partial charge in [0, 0.05) is 21.7 Å². The molecule has 0 fully saturated rings. The number of rotatable bonds is 4. The number of hydrogen-bond acceptors (Lipinski definition) is 3. The molecule has 0 spiro atoms. The van der Waals surface area contributed by atoms with Crippen molar-refractivity contribution in [2.75, 3.05) is 5.32 Å². The van der Waals surface area contributed by atoms with E-state index in [0.717, 1.165) is 10.6 Å². The van der Waals surface area contributed by atoms with Crippen LogP contribution in [-0.2, 0) is 11.2 Å². The molecule has 1 aromatic heterocycles. The summed E-state index contributed by atoms with van der Waals surface area (Å²) in [7, 11) is 0. The maximum absolute atomic E-state index is 13.1. The fourth-order valence-electron chi connectivity index (χ4n) is 2.05. The number of nitrogens with zero attached hydrogens (tertiary/aromatic N) is 1. The van der Waals surface area contributed by atoms with E-state index in [4.69, 9.17) is 11.6 Å². The van der Waals surface area contributed by atoms with Crippen molar-refractivity contribution in [2.45, 2.75) is 6.42 Å². The SMILES string of the molecule is O=C(Cc1csc(-c2ccc(Cl)cc2)n1)Nc1cccc(F)c1. The summed E-state index contributed by atoms with van der Waals surface area (Å²) in [5.74, 6) is -0.620. The highest BCUT2D eigenvalue weighted by molar-refractivity contribution is 7.13. The molecule has 0 radical (unpaired) electrons. The van der Waals surface area contributed by atoms with E-state index < -0.39 is 0 Å². The van der Waals surface area contributed by atoms with Crippen molar-refractivity contribution in [1.29, 1.82) is 0 Å². The number of aromatic nitrogens is 1. The van der Waals surface area contributed by atoms with Crippen LogP contribution in [0.5, 0.6) is 0 Å². The van der Waals surface area contributed by atoms with Gasteiger partial charge in [-0.05, 0) is 30.3 Å². The molecule has 0 aliphatic rings. The van der Waals surface area contributed by atoms with Crippen molar-refractivity contribution in [1.82, 2.24) is 4.98 Å². The van der Waals surface area contributed by atoms with Gasteiger partial charge in [-0.1, -0.05) is 29.8 Å². The normalized spacial score (nSPS) is 10.5. The molecule has 23 heavy (non-hydrogen) atoms. The Bertz CT molecular complexity index is 833. The van der Waals surface area contributed by atoms with E-state index in [1.54, 1.807) is 24.3 Å². The fraction of sp³-hybridized carbons (Fsp3) is 0.0588. The average molecular weight is 347 g/mol. The average Bonchev–Trinajstić information content (AvgIpc) is 2.96. The molecule has 0 saturated carbocycles. The molecule has 3 aromatic rings. The van der Waals surface area contributed by atoms with E-state index in [-0.39, 0.29) is 18.1 Å². The van der Waals surface area contributed by atoms with E-state index >= 15 is 0 Å². The fourth-order valence-corrected chi connectivity index (χ4v) is 3.00. The zero-order valence-electron chi connectivity index (χ0n) is 11.9. The summed E-state index contributed by atoms with van der Waals surface area (Å²) in [5.41, 5.74) is 2.06. The van der Waals surface area contributed by atoms with Gasteiger partial charge in [-0.3, -0.25) is 4.79 Å². The minimum Gasteiger partial charge on any atom is -0.326 e. The van der Waals surface area contributed by atoms with Crippen molar-refractivity contribution < 1.29 is 9.18 Å². The second-order valence-electron chi connectivity index (χ2n) is 4.89. The third-order valence-electron chi connectivity index (χ3n) is 3.09. The number of thiazole rings is 1. The van der Waals surface area contributed by atoms with Gasteiger partial charge in [-0.2, -0.15) is 0 Å². The molecule has 0 aliphatic heterocycles. The molecule has 0 bridgehead atoms. The van der Waals surface area contributed by atoms with Crippen LogP contribution in [0.15, 0.2) is 53.9 Å². The zero-order chi connectivity index (χ0) is 16.2. The smallest absolute Gasteiger partial charge is 0.230 e. The summed E-state index contributed by atoms with van der Waals surface area (Å²) >= 11 is 7.33. The van der Waals surface area contributed by atoms with Gasteiger partial charge in [0.2, 0.25) is 5.91 Å². The molecule has 1 N–H and O–H groups in total. The summed E-state index contributed by atoms with van der Waals surface area (Å²) in [6, 6.07) is 13.2. The molecule has 1 amide bonds. The number of anilines is 1. The lowest BCUT2D eigenvalue weighted by Gasteiger charge is -2.03. The molecule has 0 atom stereocenters. The molecule has 3 rings (SSSR count). The quantitative estimate of drug-likeness (QED) is 0.738. The Balaban J connectivity index is 1.66. The molecular formula is C17H12ClFN2OS. The molecule has 3 nitrogen and oxygen atoms in total. The highest BCUT2D eigenvalue weighted by Gasteiger charge is 2.09. The lowest BCUT2D eigenvalue weighted by atomic mass is 10.2. The Morgan fingerprint density at radius 1 is 1.22 bits per heavy atom. The van der Waals surface area contributed by atoms with E-state index in [2.05, 4.69) is 10.3 Å². The summed E-state index contributed by atoms with van der Waals surface area (Å²) in [6.07, 6.45) is 0.139. The number of amides is 1. The van der Waals surface area contributed by atoms with Crippen LogP contribution in [0.4, 0.5) is 10.1 Å². The molecule has 0 unspecified atom stereocenters. The molecule has 6 heteroatoms. The molecular weight excluding hydrogens is 335 g/mol. The van der Waals surface area contributed by atoms with Gasteiger partial charge >= 0.3 is 0 Å². The predicted octanol–water partition coefficient (Wildman–Crippen LogP) is 4.78. The van der Waals surface area contributed by atoms with Crippen LogP contribution in [0.25, 0.3) is 10.6 Å². The van der Waals surface area contributed by atoms with E-state index in [1.165, 1.54) is 23.5 Å². The van der Waals surface area contributed by atoms with Gasteiger partial charge in [0.05, 0.1) is 12.1 Å². The molecule has 116 valence electrons. The first-order chi connectivity index (χ1) is 11.1. The van der Waals surface area contributed by atoms with Gasteiger partial charge in [0.1, 0.15) is 10.8 Å². The standard InChI is InChI=1S/C17H12ClFN2OS/c18-12-6-4-11(5-7-12)17-21-15(10-23-17)9-16(22)20-14-3-1-2-13(19)8-14/h1-8,10H,9H2,(H,20,22). The lowest BCUT2D eigenvalue weighted by molar-refractivity contribution is -0.115. The minimum absolute atomic E-state index is 0.139. The maximum atomic E-state index is 13.1. The molecule has 0 aliphatic carbocycles.